The SMILES string of the molecule is CN(Cc1cc(/C=C/C(=O)O)cs1)C1CCC1. The Kier molecular flexibility index (Phi) is 3.97. The Hall–Kier alpha value is -1.13. The van der Waals surface area contributed by atoms with Crippen LogP contribution in [0.2, 0.25) is 0 Å². The van der Waals surface area contributed by atoms with E-state index >= 15 is 0 Å². The lowest BCUT2D eigenvalue weighted by Gasteiger charge is -2.34. The van der Waals surface area contributed by atoms with Crippen LogP contribution in [0.3, 0.4) is 0 Å². The summed E-state index contributed by atoms with van der Waals surface area (Å²) in [7, 11) is 2.16. The van der Waals surface area contributed by atoms with E-state index in [1.807, 2.05) is 5.38 Å². The van der Waals surface area contributed by atoms with Gasteiger partial charge >= 0.3 is 5.97 Å². The number of aliphatic carboxylic acids is 1. The predicted molar refractivity (Wildman–Crippen MR) is 70.1 cm³/mol. The molecule has 1 saturated carbocycles. The number of rotatable bonds is 5. The van der Waals surface area contributed by atoms with E-state index in [0.29, 0.717) is 0 Å². The second kappa shape index (κ2) is 5.47. The Balaban J connectivity index is 1.91. The lowest BCUT2D eigenvalue weighted by molar-refractivity contribution is -0.131. The molecule has 0 bridgehead atoms. The number of hydrogen-bond acceptors (Lipinski definition) is 3. The number of hydrogen-bond donors (Lipinski definition) is 1. The van der Waals surface area contributed by atoms with Crippen molar-refractivity contribution >= 4 is 23.4 Å². The fourth-order valence-corrected chi connectivity index (χ4v) is 2.85. The number of thiophene rings is 1. The highest BCUT2D eigenvalue weighted by Crippen LogP contribution is 2.26. The van der Waals surface area contributed by atoms with Crippen molar-refractivity contribution in [2.24, 2.45) is 0 Å². The van der Waals surface area contributed by atoms with Crippen molar-refractivity contribution in [3.63, 3.8) is 0 Å². The molecule has 1 heterocycles. The Morgan fingerprint density at radius 1 is 1.65 bits per heavy atom. The molecule has 1 aromatic rings. The van der Waals surface area contributed by atoms with E-state index in [2.05, 4.69) is 18.0 Å². The van der Waals surface area contributed by atoms with Crippen molar-refractivity contribution in [2.75, 3.05) is 7.05 Å². The van der Waals surface area contributed by atoms with Crippen LogP contribution in [-0.2, 0) is 11.3 Å². The highest BCUT2D eigenvalue weighted by molar-refractivity contribution is 7.10. The number of carbonyl (C=O) groups is 1. The van der Waals surface area contributed by atoms with Crippen LogP contribution in [0.4, 0.5) is 0 Å². The van der Waals surface area contributed by atoms with E-state index in [4.69, 9.17) is 5.11 Å². The van der Waals surface area contributed by atoms with E-state index in [-0.39, 0.29) is 0 Å². The summed E-state index contributed by atoms with van der Waals surface area (Å²) < 4.78 is 0. The van der Waals surface area contributed by atoms with Crippen molar-refractivity contribution < 1.29 is 9.90 Å². The molecule has 0 radical (unpaired) electrons. The smallest absolute Gasteiger partial charge is 0.328 e. The van der Waals surface area contributed by atoms with Crippen LogP contribution in [0.1, 0.15) is 29.7 Å². The molecule has 2 rings (SSSR count). The van der Waals surface area contributed by atoms with Crippen LogP contribution >= 0.6 is 11.3 Å². The summed E-state index contributed by atoms with van der Waals surface area (Å²) in [5.74, 6) is -0.899. The monoisotopic (exact) mass is 251 g/mol. The first-order chi connectivity index (χ1) is 8.15. The summed E-state index contributed by atoms with van der Waals surface area (Å²) in [6, 6.07) is 2.81. The van der Waals surface area contributed by atoms with Crippen molar-refractivity contribution in [3.05, 3.63) is 28.0 Å². The Labute approximate surface area is 105 Å². The molecule has 1 fully saturated rings. The van der Waals surface area contributed by atoms with E-state index in [1.54, 1.807) is 17.4 Å². The molecular formula is C13H17NO2S. The van der Waals surface area contributed by atoms with E-state index < -0.39 is 5.97 Å². The molecule has 92 valence electrons. The first kappa shape index (κ1) is 12.3. The molecule has 0 unspecified atom stereocenters. The molecule has 1 N–H and O–H groups in total. The summed E-state index contributed by atoms with van der Waals surface area (Å²) in [6.45, 7) is 0.968. The number of carboxylic acids is 1. The van der Waals surface area contributed by atoms with Gasteiger partial charge in [0.2, 0.25) is 0 Å². The molecule has 0 spiro atoms. The number of nitrogens with zero attached hydrogens (tertiary/aromatic N) is 1. The molecule has 1 aromatic heterocycles. The van der Waals surface area contributed by atoms with E-state index in [9.17, 15) is 4.79 Å². The highest BCUT2D eigenvalue weighted by Gasteiger charge is 2.21. The van der Waals surface area contributed by atoms with Gasteiger partial charge in [0.1, 0.15) is 0 Å². The summed E-state index contributed by atoms with van der Waals surface area (Å²) in [6.07, 6.45) is 6.81. The maximum absolute atomic E-state index is 10.4. The largest absolute Gasteiger partial charge is 0.478 e. The first-order valence-corrected chi connectivity index (χ1v) is 6.72. The zero-order valence-electron chi connectivity index (χ0n) is 9.93. The molecule has 1 aliphatic rings. The van der Waals surface area contributed by atoms with E-state index in [0.717, 1.165) is 18.2 Å². The average Bonchev–Trinajstić information content (AvgIpc) is 2.59. The fraction of sp³-hybridized carbons (Fsp3) is 0.462. The van der Waals surface area contributed by atoms with Gasteiger partial charge in [0.15, 0.2) is 0 Å². The molecule has 17 heavy (non-hydrogen) atoms. The standard InChI is InChI=1S/C13H17NO2S/c1-14(11-3-2-4-11)8-12-7-10(9-17-12)5-6-13(15)16/h5-7,9,11H,2-4,8H2,1H3,(H,15,16)/b6-5+. The van der Waals surface area contributed by atoms with Gasteiger partial charge in [0.05, 0.1) is 0 Å². The zero-order valence-corrected chi connectivity index (χ0v) is 10.7. The van der Waals surface area contributed by atoms with Gasteiger partial charge in [0.25, 0.3) is 0 Å². The van der Waals surface area contributed by atoms with Crippen molar-refractivity contribution in [1.29, 1.82) is 0 Å². The third-order valence-electron chi connectivity index (χ3n) is 3.20. The van der Waals surface area contributed by atoms with Gasteiger partial charge in [-0.1, -0.05) is 6.42 Å². The minimum absolute atomic E-state index is 0.745. The van der Waals surface area contributed by atoms with Gasteiger partial charge in [-0.2, -0.15) is 0 Å². The lowest BCUT2D eigenvalue weighted by atomic mass is 9.92. The molecule has 0 atom stereocenters. The Morgan fingerprint density at radius 3 is 3.00 bits per heavy atom. The van der Waals surface area contributed by atoms with Crippen LogP contribution in [-0.4, -0.2) is 29.1 Å². The molecule has 0 aromatic carbocycles. The predicted octanol–water partition coefficient (Wildman–Crippen LogP) is 2.83. The summed E-state index contributed by atoms with van der Waals surface area (Å²) in [5, 5.41) is 10.6. The number of carboxylic acid groups (broad SMARTS) is 1. The van der Waals surface area contributed by atoms with Gasteiger partial charge in [-0.3, -0.25) is 4.90 Å². The van der Waals surface area contributed by atoms with Crippen molar-refractivity contribution in [3.8, 4) is 0 Å². The summed E-state index contributed by atoms with van der Waals surface area (Å²) in [4.78, 5) is 14.1. The Morgan fingerprint density at radius 2 is 2.41 bits per heavy atom. The van der Waals surface area contributed by atoms with Crippen LogP contribution in [0.15, 0.2) is 17.5 Å². The second-order valence-electron chi connectivity index (χ2n) is 4.52. The van der Waals surface area contributed by atoms with Crippen LogP contribution in [0.5, 0.6) is 0 Å². The minimum atomic E-state index is -0.899. The molecule has 0 saturated heterocycles. The van der Waals surface area contributed by atoms with Gasteiger partial charge in [-0.05, 0) is 43.0 Å². The maximum Gasteiger partial charge on any atom is 0.328 e. The first-order valence-electron chi connectivity index (χ1n) is 5.84. The third-order valence-corrected chi connectivity index (χ3v) is 4.14. The molecule has 3 nitrogen and oxygen atoms in total. The van der Waals surface area contributed by atoms with E-state index in [1.165, 1.54) is 30.2 Å². The average molecular weight is 251 g/mol. The van der Waals surface area contributed by atoms with Crippen LogP contribution in [0, 0.1) is 0 Å². The summed E-state index contributed by atoms with van der Waals surface area (Å²) in [5.41, 5.74) is 0.981. The molecule has 0 aliphatic heterocycles. The fourth-order valence-electron chi connectivity index (χ4n) is 1.94. The Bertz CT molecular complexity index is 421. The highest BCUT2D eigenvalue weighted by atomic mass is 32.1. The maximum atomic E-state index is 10.4. The normalized spacial score (nSPS) is 16.6. The molecule has 0 amide bonds. The van der Waals surface area contributed by atoms with Crippen LogP contribution in [0.25, 0.3) is 6.08 Å². The summed E-state index contributed by atoms with van der Waals surface area (Å²) >= 11 is 1.70. The van der Waals surface area contributed by atoms with Gasteiger partial charge in [-0.15, -0.1) is 11.3 Å². The minimum Gasteiger partial charge on any atom is -0.478 e. The molecular weight excluding hydrogens is 234 g/mol. The quantitative estimate of drug-likeness (QED) is 0.818. The second-order valence-corrected chi connectivity index (χ2v) is 5.51. The molecule has 4 heteroatoms. The third kappa shape index (κ3) is 3.41. The topological polar surface area (TPSA) is 40.5 Å². The van der Waals surface area contributed by atoms with Gasteiger partial charge in [0, 0.05) is 23.5 Å². The van der Waals surface area contributed by atoms with Crippen molar-refractivity contribution in [1.82, 2.24) is 4.90 Å². The van der Waals surface area contributed by atoms with Crippen molar-refractivity contribution in [2.45, 2.75) is 31.8 Å². The molecule has 1 aliphatic carbocycles. The lowest BCUT2D eigenvalue weighted by Crippen LogP contribution is -2.36. The van der Waals surface area contributed by atoms with Crippen LogP contribution < -0.4 is 0 Å². The van der Waals surface area contributed by atoms with Gasteiger partial charge in [-0.25, -0.2) is 4.79 Å². The zero-order chi connectivity index (χ0) is 12.3. The van der Waals surface area contributed by atoms with Gasteiger partial charge < -0.3 is 5.11 Å².